The average Bonchev–Trinajstić information content (AvgIpc) is 3.36. The summed E-state index contributed by atoms with van der Waals surface area (Å²) in [7, 11) is 0. The molecule has 0 fully saturated rings. The van der Waals surface area contributed by atoms with Crippen molar-refractivity contribution in [3.63, 3.8) is 0 Å². The third-order valence-electron chi connectivity index (χ3n) is 6.27. The number of carbonyl (C=O) groups is 1. The van der Waals surface area contributed by atoms with Crippen molar-refractivity contribution in [2.75, 3.05) is 11.9 Å². The zero-order chi connectivity index (χ0) is 27.5. The van der Waals surface area contributed by atoms with Crippen LogP contribution in [-0.2, 0) is 11.4 Å². The van der Waals surface area contributed by atoms with Gasteiger partial charge in [-0.1, -0.05) is 36.4 Å². The Kier molecular flexibility index (Phi) is 6.96. The SMILES string of the molecule is CCOc1cc(C2C(C(N)=O)=C(C)Nc3nc(-c4ccc([N+](=O)[O-])cc4)nn32)ccc1OCc1ccccc1. The second kappa shape index (κ2) is 10.7. The van der Waals surface area contributed by atoms with Crippen LogP contribution >= 0.6 is 0 Å². The molecule has 198 valence electrons. The monoisotopic (exact) mass is 526 g/mol. The van der Waals surface area contributed by atoms with E-state index >= 15 is 0 Å². The minimum Gasteiger partial charge on any atom is -0.490 e. The van der Waals surface area contributed by atoms with Gasteiger partial charge in [0.05, 0.1) is 17.1 Å². The van der Waals surface area contributed by atoms with E-state index in [1.807, 2.05) is 49.4 Å². The molecule has 0 saturated heterocycles. The molecular formula is C28H26N6O5. The highest BCUT2D eigenvalue weighted by Crippen LogP contribution is 2.39. The lowest BCUT2D eigenvalue weighted by molar-refractivity contribution is -0.384. The summed E-state index contributed by atoms with van der Waals surface area (Å²) in [5.41, 5.74) is 8.95. The van der Waals surface area contributed by atoms with Crippen molar-refractivity contribution >= 4 is 17.5 Å². The van der Waals surface area contributed by atoms with Crippen LogP contribution in [0, 0.1) is 10.1 Å². The van der Waals surface area contributed by atoms with Gasteiger partial charge in [0.1, 0.15) is 12.6 Å². The largest absolute Gasteiger partial charge is 0.490 e. The number of amides is 1. The van der Waals surface area contributed by atoms with Gasteiger partial charge in [-0.15, -0.1) is 5.10 Å². The Balaban J connectivity index is 1.54. The molecule has 2 heterocycles. The number of ether oxygens (including phenoxy) is 2. The molecule has 5 rings (SSSR count). The Morgan fingerprint density at radius 1 is 1.08 bits per heavy atom. The highest BCUT2D eigenvalue weighted by atomic mass is 16.6. The van der Waals surface area contributed by atoms with E-state index in [-0.39, 0.29) is 5.69 Å². The maximum absolute atomic E-state index is 12.6. The second-order valence-electron chi connectivity index (χ2n) is 8.85. The Hall–Kier alpha value is -5.19. The van der Waals surface area contributed by atoms with E-state index in [0.29, 0.717) is 58.9 Å². The normalized spacial score (nSPS) is 14.4. The maximum atomic E-state index is 12.6. The Bertz CT molecular complexity index is 1560. The highest BCUT2D eigenvalue weighted by Gasteiger charge is 2.34. The number of aromatic nitrogens is 3. The first-order chi connectivity index (χ1) is 18.9. The lowest BCUT2D eigenvalue weighted by Crippen LogP contribution is -2.31. The van der Waals surface area contributed by atoms with Crippen LogP contribution in [0.5, 0.6) is 11.5 Å². The Morgan fingerprint density at radius 3 is 2.49 bits per heavy atom. The van der Waals surface area contributed by atoms with Gasteiger partial charge >= 0.3 is 0 Å². The molecule has 3 aromatic carbocycles. The zero-order valence-electron chi connectivity index (χ0n) is 21.3. The molecule has 39 heavy (non-hydrogen) atoms. The number of nitrogens with zero attached hydrogens (tertiary/aromatic N) is 4. The quantitative estimate of drug-likeness (QED) is 0.237. The van der Waals surface area contributed by atoms with E-state index in [1.165, 1.54) is 12.1 Å². The van der Waals surface area contributed by atoms with E-state index in [9.17, 15) is 14.9 Å². The standard InChI is InChI=1S/C28H26N6O5/c1-3-38-23-15-20(11-14-22(23)39-16-18-7-5-4-6-8-18)25-24(26(29)35)17(2)30-28-31-27(32-33(25)28)19-9-12-21(13-10-19)34(36)37/h4-15,25H,3,16H2,1-2H3,(H2,29,35)(H,30,31,32). The smallest absolute Gasteiger partial charge is 0.269 e. The Labute approximate surface area is 224 Å². The van der Waals surface area contributed by atoms with Crippen molar-refractivity contribution < 1.29 is 19.2 Å². The van der Waals surface area contributed by atoms with E-state index in [2.05, 4.69) is 15.4 Å². The molecule has 0 aliphatic carbocycles. The van der Waals surface area contributed by atoms with Crippen LogP contribution in [0.4, 0.5) is 11.6 Å². The van der Waals surface area contributed by atoms with Crippen LogP contribution < -0.4 is 20.5 Å². The van der Waals surface area contributed by atoms with E-state index in [4.69, 9.17) is 15.2 Å². The number of carbonyl (C=O) groups excluding carboxylic acids is 1. The van der Waals surface area contributed by atoms with Crippen molar-refractivity contribution in [3.8, 4) is 22.9 Å². The molecule has 1 atom stereocenters. The highest BCUT2D eigenvalue weighted by molar-refractivity contribution is 5.95. The molecule has 0 bridgehead atoms. The topological polar surface area (TPSA) is 147 Å². The fraction of sp³-hybridized carbons (Fsp3) is 0.179. The molecule has 3 N–H and O–H groups in total. The summed E-state index contributed by atoms with van der Waals surface area (Å²) in [5, 5.41) is 18.8. The number of rotatable bonds is 9. The van der Waals surface area contributed by atoms with Crippen LogP contribution in [0.15, 0.2) is 84.1 Å². The summed E-state index contributed by atoms with van der Waals surface area (Å²) in [6.07, 6.45) is 0. The number of nitro benzene ring substituents is 1. The fourth-order valence-electron chi connectivity index (χ4n) is 4.45. The number of hydrogen-bond donors (Lipinski definition) is 2. The molecule has 1 aliphatic rings. The van der Waals surface area contributed by atoms with Crippen LogP contribution in [0.25, 0.3) is 11.4 Å². The first kappa shape index (κ1) is 25.5. The van der Waals surface area contributed by atoms with Crippen LogP contribution in [0.1, 0.15) is 31.0 Å². The van der Waals surface area contributed by atoms with Crippen LogP contribution in [0.2, 0.25) is 0 Å². The lowest BCUT2D eigenvalue weighted by atomic mass is 9.95. The number of non-ortho nitro benzene ring substituents is 1. The van der Waals surface area contributed by atoms with Gasteiger partial charge in [0.25, 0.3) is 5.69 Å². The Morgan fingerprint density at radius 2 is 1.82 bits per heavy atom. The summed E-state index contributed by atoms with van der Waals surface area (Å²) in [6.45, 7) is 4.40. The van der Waals surface area contributed by atoms with Crippen molar-refractivity contribution in [2.45, 2.75) is 26.5 Å². The average molecular weight is 527 g/mol. The van der Waals surface area contributed by atoms with Gasteiger partial charge in [-0.25, -0.2) is 4.68 Å². The number of hydrogen-bond acceptors (Lipinski definition) is 8. The van der Waals surface area contributed by atoms with Crippen molar-refractivity contribution in [1.82, 2.24) is 14.8 Å². The fourth-order valence-corrected chi connectivity index (χ4v) is 4.45. The summed E-state index contributed by atoms with van der Waals surface area (Å²) in [6, 6.07) is 20.5. The molecule has 0 spiro atoms. The van der Waals surface area contributed by atoms with Gasteiger partial charge in [0, 0.05) is 23.4 Å². The number of nitro groups is 1. The number of nitrogens with one attached hydrogen (secondary N) is 1. The number of benzene rings is 3. The maximum Gasteiger partial charge on any atom is 0.269 e. The number of allylic oxidation sites excluding steroid dienone is 1. The van der Waals surface area contributed by atoms with Crippen molar-refractivity contribution in [2.24, 2.45) is 5.73 Å². The van der Waals surface area contributed by atoms with E-state index in [1.54, 1.807) is 29.8 Å². The van der Waals surface area contributed by atoms with Crippen molar-refractivity contribution in [1.29, 1.82) is 0 Å². The lowest BCUT2D eigenvalue weighted by Gasteiger charge is -2.28. The predicted molar refractivity (Wildman–Crippen MR) is 144 cm³/mol. The summed E-state index contributed by atoms with van der Waals surface area (Å²) in [4.78, 5) is 27.8. The van der Waals surface area contributed by atoms with Gasteiger partial charge < -0.3 is 20.5 Å². The molecule has 11 heteroatoms. The number of nitrogens with two attached hydrogens (primary N) is 1. The van der Waals surface area contributed by atoms with Gasteiger partial charge in [0.15, 0.2) is 17.3 Å². The minimum atomic E-state index is -0.694. The number of fused-ring (bicyclic) bond motifs is 1. The third-order valence-corrected chi connectivity index (χ3v) is 6.27. The number of primary amides is 1. The molecule has 0 radical (unpaired) electrons. The van der Waals surface area contributed by atoms with Crippen LogP contribution in [-0.4, -0.2) is 32.2 Å². The zero-order valence-corrected chi connectivity index (χ0v) is 21.3. The molecule has 1 amide bonds. The van der Waals surface area contributed by atoms with Gasteiger partial charge in [-0.3, -0.25) is 14.9 Å². The molecule has 11 nitrogen and oxygen atoms in total. The third kappa shape index (κ3) is 5.14. The van der Waals surface area contributed by atoms with Crippen molar-refractivity contribution in [3.05, 3.63) is 105 Å². The van der Waals surface area contributed by atoms with Gasteiger partial charge in [-0.2, -0.15) is 4.98 Å². The minimum absolute atomic E-state index is 0.0368. The van der Waals surface area contributed by atoms with E-state index in [0.717, 1.165) is 5.56 Å². The first-order valence-electron chi connectivity index (χ1n) is 12.3. The summed E-state index contributed by atoms with van der Waals surface area (Å²) < 4.78 is 13.5. The molecule has 1 aromatic heterocycles. The molecule has 0 saturated carbocycles. The molecule has 4 aromatic rings. The predicted octanol–water partition coefficient (Wildman–Crippen LogP) is 4.61. The summed E-state index contributed by atoms with van der Waals surface area (Å²) in [5.74, 6) is 1.21. The first-order valence-corrected chi connectivity index (χ1v) is 12.3. The van der Waals surface area contributed by atoms with Crippen LogP contribution in [0.3, 0.4) is 0 Å². The van der Waals surface area contributed by atoms with Gasteiger partial charge in [0.2, 0.25) is 11.9 Å². The molecule has 1 unspecified atom stereocenters. The molecule has 1 aliphatic heterocycles. The van der Waals surface area contributed by atoms with E-state index < -0.39 is 16.9 Å². The molecular weight excluding hydrogens is 500 g/mol. The number of anilines is 1. The second-order valence-corrected chi connectivity index (χ2v) is 8.85. The van der Waals surface area contributed by atoms with Gasteiger partial charge in [-0.05, 0) is 49.2 Å². The summed E-state index contributed by atoms with van der Waals surface area (Å²) >= 11 is 0.